The number of aromatic nitrogens is 1. The van der Waals surface area contributed by atoms with Gasteiger partial charge in [-0.15, -0.1) is 0 Å². The van der Waals surface area contributed by atoms with Gasteiger partial charge in [-0.05, 0) is 24.5 Å². The fourth-order valence-corrected chi connectivity index (χ4v) is 4.13. The molecule has 1 aliphatic heterocycles. The molecule has 2 heterocycles. The zero-order chi connectivity index (χ0) is 22.0. The number of nitrogens with one attached hydrogen (secondary N) is 1. The summed E-state index contributed by atoms with van der Waals surface area (Å²) in [5.41, 5.74) is 13.7. The monoisotopic (exact) mass is 419 g/mol. The zero-order valence-corrected chi connectivity index (χ0v) is 17.0. The Bertz CT molecular complexity index is 1120. The lowest BCUT2D eigenvalue weighted by molar-refractivity contribution is -0.122. The van der Waals surface area contributed by atoms with Gasteiger partial charge >= 0.3 is 12.1 Å². The molecular weight excluding hydrogens is 394 g/mol. The molecule has 1 fully saturated rings. The Morgan fingerprint density at radius 3 is 2.48 bits per heavy atom. The van der Waals surface area contributed by atoms with Gasteiger partial charge in [0, 0.05) is 30.6 Å². The Balaban J connectivity index is 1.50. The standard InChI is InChI=1S/C23H25N5O3/c24-16-12-20(21(29)11-10-15-6-2-1-3-7-15)28(13-16)23(31)26-18-14-27(22(25)30)19-9-5-4-8-17(18)19/h1-9,14,16,20H,10-13,24H2,(H2,25,30)(H,26,31)/t16-,20-/m0/s1. The summed E-state index contributed by atoms with van der Waals surface area (Å²) in [4.78, 5) is 39.2. The number of carbonyl (C=O) groups is 3. The van der Waals surface area contributed by atoms with Gasteiger partial charge in [0.1, 0.15) is 0 Å². The number of Topliss-reactive ketones (excluding diaryl/α,β-unsaturated/α-hetero) is 1. The molecule has 1 saturated heterocycles. The van der Waals surface area contributed by atoms with Crippen molar-refractivity contribution in [1.82, 2.24) is 9.47 Å². The lowest BCUT2D eigenvalue weighted by atomic mass is 10.0. The molecule has 2 aromatic carbocycles. The minimum absolute atomic E-state index is 0.00785. The molecule has 1 aliphatic rings. The first-order valence-electron chi connectivity index (χ1n) is 10.2. The third-order valence-electron chi connectivity index (χ3n) is 5.66. The van der Waals surface area contributed by atoms with Crippen molar-refractivity contribution in [1.29, 1.82) is 0 Å². The molecule has 8 heteroatoms. The number of carbonyl (C=O) groups excluding carboxylic acids is 3. The molecular formula is C23H25N5O3. The van der Waals surface area contributed by atoms with E-state index >= 15 is 0 Å². The van der Waals surface area contributed by atoms with E-state index in [-0.39, 0.29) is 11.8 Å². The highest BCUT2D eigenvalue weighted by atomic mass is 16.2. The number of rotatable bonds is 5. The molecule has 0 unspecified atom stereocenters. The van der Waals surface area contributed by atoms with E-state index in [2.05, 4.69) is 5.32 Å². The molecule has 160 valence electrons. The minimum atomic E-state index is -0.645. The molecule has 0 saturated carbocycles. The van der Waals surface area contributed by atoms with E-state index in [1.165, 1.54) is 15.7 Å². The smallest absolute Gasteiger partial charge is 0.323 e. The highest BCUT2D eigenvalue weighted by Crippen LogP contribution is 2.27. The van der Waals surface area contributed by atoms with E-state index < -0.39 is 18.1 Å². The van der Waals surface area contributed by atoms with Crippen molar-refractivity contribution in [2.75, 3.05) is 11.9 Å². The molecule has 4 rings (SSSR count). The second-order valence-electron chi connectivity index (χ2n) is 7.81. The van der Waals surface area contributed by atoms with Crippen LogP contribution in [0.4, 0.5) is 15.3 Å². The van der Waals surface area contributed by atoms with E-state index in [0.717, 1.165) is 5.56 Å². The van der Waals surface area contributed by atoms with Crippen molar-refractivity contribution >= 4 is 34.4 Å². The molecule has 0 aliphatic carbocycles. The predicted molar refractivity (Wildman–Crippen MR) is 119 cm³/mol. The van der Waals surface area contributed by atoms with Crippen LogP contribution in [0.5, 0.6) is 0 Å². The van der Waals surface area contributed by atoms with Gasteiger partial charge in [0.25, 0.3) is 0 Å². The summed E-state index contributed by atoms with van der Waals surface area (Å²) in [6.07, 6.45) is 2.89. The van der Waals surface area contributed by atoms with Gasteiger partial charge in [-0.25, -0.2) is 9.59 Å². The van der Waals surface area contributed by atoms with Gasteiger partial charge in [0.2, 0.25) is 0 Å². The van der Waals surface area contributed by atoms with Crippen LogP contribution < -0.4 is 16.8 Å². The number of nitrogens with zero attached hydrogens (tertiary/aromatic N) is 2. The van der Waals surface area contributed by atoms with E-state index in [1.807, 2.05) is 36.4 Å². The number of amides is 3. The molecule has 31 heavy (non-hydrogen) atoms. The van der Waals surface area contributed by atoms with Crippen LogP contribution in [0, 0.1) is 0 Å². The Labute approximate surface area is 179 Å². The number of benzene rings is 2. The van der Waals surface area contributed by atoms with E-state index in [4.69, 9.17) is 11.5 Å². The van der Waals surface area contributed by atoms with Crippen molar-refractivity contribution < 1.29 is 14.4 Å². The van der Waals surface area contributed by atoms with Crippen molar-refractivity contribution in [2.24, 2.45) is 11.5 Å². The maximum absolute atomic E-state index is 13.1. The van der Waals surface area contributed by atoms with Crippen molar-refractivity contribution in [3.63, 3.8) is 0 Å². The summed E-state index contributed by atoms with van der Waals surface area (Å²) in [7, 11) is 0. The number of hydrogen-bond acceptors (Lipinski definition) is 4. The first-order chi connectivity index (χ1) is 14.9. The molecule has 1 aromatic heterocycles. The summed E-state index contributed by atoms with van der Waals surface area (Å²) in [5.74, 6) is -0.00785. The average molecular weight is 419 g/mol. The molecule has 8 nitrogen and oxygen atoms in total. The Kier molecular flexibility index (Phi) is 5.73. The van der Waals surface area contributed by atoms with Gasteiger partial charge < -0.3 is 21.7 Å². The van der Waals surface area contributed by atoms with Gasteiger partial charge in [-0.1, -0.05) is 48.5 Å². The third kappa shape index (κ3) is 4.29. The molecule has 0 bridgehead atoms. The predicted octanol–water partition coefficient (Wildman–Crippen LogP) is 2.70. The van der Waals surface area contributed by atoms with Crippen LogP contribution in [-0.4, -0.2) is 45.9 Å². The second-order valence-corrected chi connectivity index (χ2v) is 7.81. The van der Waals surface area contributed by atoms with Crippen LogP contribution >= 0.6 is 0 Å². The minimum Gasteiger partial charge on any atom is -0.351 e. The number of nitrogens with two attached hydrogens (primary N) is 2. The number of urea groups is 1. The normalized spacial score (nSPS) is 18.3. The Morgan fingerprint density at radius 1 is 1.03 bits per heavy atom. The van der Waals surface area contributed by atoms with Gasteiger partial charge in [0.15, 0.2) is 5.78 Å². The number of primary amides is 1. The molecule has 2 atom stereocenters. The van der Waals surface area contributed by atoms with Crippen LogP contribution in [0.3, 0.4) is 0 Å². The van der Waals surface area contributed by atoms with Gasteiger partial charge in [-0.3, -0.25) is 9.36 Å². The number of anilines is 1. The number of fused-ring (bicyclic) bond motifs is 1. The first kappa shape index (κ1) is 20.6. The quantitative estimate of drug-likeness (QED) is 0.588. The lowest BCUT2D eigenvalue weighted by Gasteiger charge is -2.23. The average Bonchev–Trinajstić information content (AvgIpc) is 3.34. The number of para-hydroxylation sites is 1. The maximum Gasteiger partial charge on any atom is 0.323 e. The summed E-state index contributed by atoms with van der Waals surface area (Å²) in [6.45, 7) is 0.294. The van der Waals surface area contributed by atoms with Gasteiger partial charge in [0.05, 0.1) is 17.2 Å². The summed E-state index contributed by atoms with van der Waals surface area (Å²) in [5, 5.41) is 3.52. The maximum atomic E-state index is 13.1. The number of aryl methyl sites for hydroxylation is 1. The van der Waals surface area contributed by atoms with Crippen LogP contribution in [0.25, 0.3) is 10.9 Å². The first-order valence-corrected chi connectivity index (χ1v) is 10.2. The molecule has 3 aromatic rings. The van der Waals surface area contributed by atoms with E-state index in [1.54, 1.807) is 18.2 Å². The SMILES string of the molecule is NC(=O)n1cc(NC(=O)N2C[C@@H](N)C[C@H]2C(=O)CCc2ccccc2)c2ccccc21. The van der Waals surface area contributed by atoms with Gasteiger partial charge in [-0.2, -0.15) is 0 Å². The highest BCUT2D eigenvalue weighted by molar-refractivity contribution is 6.05. The zero-order valence-electron chi connectivity index (χ0n) is 17.0. The largest absolute Gasteiger partial charge is 0.351 e. The molecule has 0 radical (unpaired) electrons. The summed E-state index contributed by atoms with van der Waals surface area (Å²) >= 11 is 0. The highest BCUT2D eigenvalue weighted by Gasteiger charge is 2.38. The number of likely N-dealkylation sites (tertiary alicyclic amines) is 1. The third-order valence-corrected chi connectivity index (χ3v) is 5.66. The fraction of sp³-hybridized carbons (Fsp3) is 0.261. The van der Waals surface area contributed by atoms with Crippen LogP contribution in [0.1, 0.15) is 18.4 Å². The Hall–Kier alpha value is -3.65. The summed E-state index contributed by atoms with van der Waals surface area (Å²) in [6, 6.07) is 15.0. The fourth-order valence-electron chi connectivity index (χ4n) is 4.13. The second kappa shape index (κ2) is 8.61. The molecule has 3 amide bonds. The topological polar surface area (TPSA) is 123 Å². The van der Waals surface area contributed by atoms with Crippen LogP contribution in [0.15, 0.2) is 60.8 Å². The summed E-state index contributed by atoms with van der Waals surface area (Å²) < 4.78 is 1.28. The van der Waals surface area contributed by atoms with Crippen molar-refractivity contribution in [2.45, 2.75) is 31.3 Å². The van der Waals surface area contributed by atoms with Crippen LogP contribution in [0.2, 0.25) is 0 Å². The lowest BCUT2D eigenvalue weighted by Crippen LogP contribution is -2.43. The molecule has 0 spiro atoms. The van der Waals surface area contributed by atoms with Crippen molar-refractivity contribution in [3.8, 4) is 0 Å². The van der Waals surface area contributed by atoms with E-state index in [0.29, 0.717) is 42.4 Å². The molecule has 5 N–H and O–H groups in total. The Morgan fingerprint density at radius 2 is 1.74 bits per heavy atom. The van der Waals surface area contributed by atoms with Crippen LogP contribution in [-0.2, 0) is 11.2 Å². The van der Waals surface area contributed by atoms with Crippen molar-refractivity contribution in [3.05, 3.63) is 66.4 Å². The number of ketones is 1. The van der Waals surface area contributed by atoms with E-state index in [9.17, 15) is 14.4 Å². The number of hydrogen-bond donors (Lipinski definition) is 3.